The summed E-state index contributed by atoms with van der Waals surface area (Å²) in [5.41, 5.74) is 2.54. The molecule has 3 heterocycles. The number of fused-ring (bicyclic) bond motifs is 1. The Hall–Kier alpha value is -2.59. The maximum absolute atomic E-state index is 10.7. The molecular formula is C25H37N3O6. The standard InChI is InChI=1S/C23H33N3O2.2CH2O2/c1-23(2,16-25-9-11-28-12-10-25)17-26-14-19(22(27)15-26)13-18-7-8-24-21-6-4-3-5-20(18)21;2*2-1-3/h3-8,19,22,27H,9-17H2,1-2H3;2*1H,(H,2,3)/t19-,22-;;/m1../s1. The topological polar surface area (TPSA) is 123 Å². The summed E-state index contributed by atoms with van der Waals surface area (Å²) < 4.78 is 5.47. The van der Waals surface area contributed by atoms with Crippen molar-refractivity contribution in [2.45, 2.75) is 26.4 Å². The van der Waals surface area contributed by atoms with E-state index in [-0.39, 0.29) is 30.4 Å². The number of rotatable bonds is 6. The minimum absolute atomic E-state index is 0.204. The number of β-amino-alcohol motifs (C(OH)–C–C–N with tert-alkyl or cyclic N) is 1. The van der Waals surface area contributed by atoms with Crippen molar-refractivity contribution in [2.24, 2.45) is 11.3 Å². The molecule has 2 aliphatic rings. The van der Waals surface area contributed by atoms with Crippen molar-refractivity contribution < 1.29 is 29.6 Å². The Kier molecular flexibility index (Phi) is 11.4. The van der Waals surface area contributed by atoms with Crippen molar-refractivity contribution in [1.82, 2.24) is 14.8 Å². The third kappa shape index (κ3) is 8.64. The van der Waals surface area contributed by atoms with Gasteiger partial charge >= 0.3 is 0 Å². The smallest absolute Gasteiger partial charge is 0.290 e. The van der Waals surface area contributed by atoms with E-state index in [4.69, 9.17) is 24.5 Å². The molecule has 0 aliphatic carbocycles. The van der Waals surface area contributed by atoms with Crippen molar-refractivity contribution in [1.29, 1.82) is 0 Å². The summed E-state index contributed by atoms with van der Waals surface area (Å²) in [6.07, 6.45) is 2.54. The van der Waals surface area contributed by atoms with Crippen LogP contribution >= 0.6 is 0 Å². The zero-order valence-corrected chi connectivity index (χ0v) is 20.0. The largest absolute Gasteiger partial charge is 0.483 e. The number of benzene rings is 1. The molecule has 1 aromatic heterocycles. The molecule has 2 aliphatic heterocycles. The van der Waals surface area contributed by atoms with E-state index in [0.717, 1.165) is 64.4 Å². The maximum atomic E-state index is 10.7. The molecule has 0 amide bonds. The zero-order valence-electron chi connectivity index (χ0n) is 20.0. The Morgan fingerprint density at radius 1 is 1.03 bits per heavy atom. The van der Waals surface area contributed by atoms with Crippen LogP contribution in [0.25, 0.3) is 10.9 Å². The lowest BCUT2D eigenvalue weighted by molar-refractivity contribution is -0.123. The maximum Gasteiger partial charge on any atom is 0.290 e. The summed E-state index contributed by atoms with van der Waals surface area (Å²) in [7, 11) is 0. The van der Waals surface area contributed by atoms with Crippen molar-refractivity contribution in [3.63, 3.8) is 0 Å². The van der Waals surface area contributed by atoms with Crippen LogP contribution in [0.1, 0.15) is 19.4 Å². The van der Waals surface area contributed by atoms with E-state index in [9.17, 15) is 5.11 Å². The van der Waals surface area contributed by atoms with Gasteiger partial charge in [0.1, 0.15) is 0 Å². The molecule has 2 saturated heterocycles. The first-order valence-corrected chi connectivity index (χ1v) is 11.5. The van der Waals surface area contributed by atoms with E-state index in [1.807, 2.05) is 12.3 Å². The molecule has 9 nitrogen and oxygen atoms in total. The molecule has 4 rings (SSSR count). The number of carboxylic acid groups (broad SMARTS) is 2. The summed E-state index contributed by atoms with van der Waals surface area (Å²) in [6.45, 7) is 11.8. The van der Waals surface area contributed by atoms with Gasteiger partial charge in [-0.3, -0.25) is 24.4 Å². The van der Waals surface area contributed by atoms with Crippen LogP contribution in [-0.2, 0) is 20.7 Å². The van der Waals surface area contributed by atoms with Crippen LogP contribution in [0.2, 0.25) is 0 Å². The average molecular weight is 476 g/mol. The van der Waals surface area contributed by atoms with E-state index >= 15 is 0 Å². The van der Waals surface area contributed by atoms with Crippen LogP contribution in [-0.4, -0.2) is 102 Å². The van der Waals surface area contributed by atoms with Gasteiger partial charge in [0.15, 0.2) is 0 Å². The molecule has 0 unspecified atom stereocenters. The fourth-order valence-electron chi connectivity index (χ4n) is 4.91. The average Bonchev–Trinajstić information content (AvgIpc) is 3.13. The van der Waals surface area contributed by atoms with Gasteiger partial charge in [0.05, 0.1) is 24.8 Å². The number of ether oxygens (including phenoxy) is 1. The molecule has 0 bridgehead atoms. The summed E-state index contributed by atoms with van der Waals surface area (Å²) in [5, 5.41) is 25.7. The molecule has 1 aromatic carbocycles. The Labute approximate surface area is 201 Å². The van der Waals surface area contributed by atoms with Crippen LogP contribution in [0, 0.1) is 11.3 Å². The van der Waals surface area contributed by atoms with Crippen LogP contribution in [0.3, 0.4) is 0 Å². The molecule has 0 saturated carbocycles. The number of hydrogen-bond acceptors (Lipinski definition) is 7. The lowest BCUT2D eigenvalue weighted by Gasteiger charge is -2.37. The first kappa shape index (κ1) is 27.7. The van der Waals surface area contributed by atoms with Gasteiger partial charge < -0.3 is 20.1 Å². The highest BCUT2D eigenvalue weighted by molar-refractivity contribution is 5.81. The first-order valence-electron chi connectivity index (χ1n) is 11.5. The molecule has 2 aromatic rings. The molecule has 0 spiro atoms. The SMILES string of the molecule is CC(C)(CN1CCOCC1)CN1C[C@@H](Cc2ccnc3ccccc23)[C@H](O)C1.O=CO.O=CO. The fourth-order valence-corrected chi connectivity index (χ4v) is 4.91. The number of likely N-dealkylation sites (tertiary alicyclic amines) is 1. The molecule has 2 atom stereocenters. The number of para-hydroxylation sites is 1. The molecule has 34 heavy (non-hydrogen) atoms. The van der Waals surface area contributed by atoms with E-state index in [2.05, 4.69) is 52.9 Å². The highest BCUT2D eigenvalue weighted by atomic mass is 16.5. The van der Waals surface area contributed by atoms with Crippen molar-refractivity contribution in [2.75, 3.05) is 52.5 Å². The predicted molar refractivity (Wildman–Crippen MR) is 130 cm³/mol. The minimum atomic E-state index is -0.258. The Balaban J connectivity index is 0.000000618. The number of aromatic nitrogens is 1. The number of aliphatic hydroxyl groups is 1. The minimum Gasteiger partial charge on any atom is -0.483 e. The van der Waals surface area contributed by atoms with Crippen LogP contribution in [0.4, 0.5) is 0 Å². The van der Waals surface area contributed by atoms with Crippen LogP contribution < -0.4 is 0 Å². The molecule has 188 valence electrons. The highest BCUT2D eigenvalue weighted by Crippen LogP contribution is 2.28. The molecule has 2 fully saturated rings. The Morgan fingerprint density at radius 3 is 2.32 bits per heavy atom. The fraction of sp³-hybridized carbons (Fsp3) is 0.560. The summed E-state index contributed by atoms with van der Waals surface area (Å²) >= 11 is 0. The van der Waals surface area contributed by atoms with Gasteiger partial charge in [-0.25, -0.2) is 0 Å². The number of hydrogen-bond donors (Lipinski definition) is 3. The highest BCUT2D eigenvalue weighted by Gasteiger charge is 2.35. The van der Waals surface area contributed by atoms with Gasteiger partial charge in [-0.1, -0.05) is 32.0 Å². The quantitative estimate of drug-likeness (QED) is 0.537. The monoisotopic (exact) mass is 475 g/mol. The summed E-state index contributed by atoms with van der Waals surface area (Å²) in [4.78, 5) is 26.2. The third-order valence-corrected chi connectivity index (χ3v) is 6.11. The Bertz CT molecular complexity index is 877. The number of pyridine rings is 1. The normalized spacial score (nSPS) is 21.1. The van der Waals surface area contributed by atoms with Gasteiger partial charge in [-0.2, -0.15) is 0 Å². The Morgan fingerprint density at radius 2 is 1.65 bits per heavy atom. The van der Waals surface area contributed by atoms with Gasteiger partial charge in [0.25, 0.3) is 12.9 Å². The lowest BCUT2D eigenvalue weighted by atomic mass is 9.91. The van der Waals surface area contributed by atoms with E-state index in [1.165, 1.54) is 10.9 Å². The second-order valence-corrected chi connectivity index (χ2v) is 9.48. The zero-order chi connectivity index (χ0) is 25.0. The van der Waals surface area contributed by atoms with Gasteiger partial charge in [0, 0.05) is 56.8 Å². The lowest BCUT2D eigenvalue weighted by Crippen LogP contribution is -2.45. The van der Waals surface area contributed by atoms with Gasteiger partial charge in [0.2, 0.25) is 0 Å². The van der Waals surface area contributed by atoms with E-state index < -0.39 is 0 Å². The number of aliphatic hydroxyl groups excluding tert-OH is 1. The number of morpholine rings is 1. The third-order valence-electron chi connectivity index (χ3n) is 6.11. The molecule has 3 N–H and O–H groups in total. The summed E-state index contributed by atoms with van der Waals surface area (Å²) in [6, 6.07) is 10.4. The van der Waals surface area contributed by atoms with Gasteiger partial charge in [-0.05, 0) is 29.5 Å². The van der Waals surface area contributed by atoms with Crippen molar-refractivity contribution >= 4 is 23.8 Å². The molecule has 9 heteroatoms. The first-order chi connectivity index (χ1) is 16.3. The van der Waals surface area contributed by atoms with Crippen LogP contribution in [0.5, 0.6) is 0 Å². The van der Waals surface area contributed by atoms with Gasteiger partial charge in [-0.15, -0.1) is 0 Å². The summed E-state index contributed by atoms with van der Waals surface area (Å²) in [5.74, 6) is 0.282. The second kappa shape index (κ2) is 14.0. The predicted octanol–water partition coefficient (Wildman–Crippen LogP) is 1.83. The van der Waals surface area contributed by atoms with E-state index in [1.54, 1.807) is 0 Å². The van der Waals surface area contributed by atoms with Crippen LogP contribution in [0.15, 0.2) is 36.5 Å². The second-order valence-electron chi connectivity index (χ2n) is 9.48. The molecule has 0 radical (unpaired) electrons. The van der Waals surface area contributed by atoms with E-state index in [0.29, 0.717) is 0 Å². The van der Waals surface area contributed by atoms with Crippen molar-refractivity contribution in [3.05, 3.63) is 42.1 Å². The number of carbonyl (C=O) groups is 2. The van der Waals surface area contributed by atoms with Crippen molar-refractivity contribution in [3.8, 4) is 0 Å². The number of nitrogens with zero attached hydrogens (tertiary/aromatic N) is 3. The molecular weight excluding hydrogens is 438 g/mol.